The largest absolute Gasteiger partial charge is 0.489 e. The molecule has 2 N–H and O–H groups in total. The summed E-state index contributed by atoms with van der Waals surface area (Å²) in [5.41, 5.74) is -0.533. The van der Waals surface area contributed by atoms with Crippen molar-refractivity contribution in [1.29, 1.82) is 0 Å². The maximum atomic E-state index is 13.1. The van der Waals surface area contributed by atoms with Gasteiger partial charge in [-0.15, -0.1) is 0 Å². The zero-order valence-corrected chi connectivity index (χ0v) is 21.1. The summed E-state index contributed by atoms with van der Waals surface area (Å²) in [6.45, 7) is 2.40. The predicted octanol–water partition coefficient (Wildman–Crippen LogP) is 5.50. The van der Waals surface area contributed by atoms with Crippen molar-refractivity contribution >= 4 is 28.4 Å². The Hall–Kier alpha value is -3.63. The van der Waals surface area contributed by atoms with Crippen molar-refractivity contribution in [3.05, 3.63) is 47.9 Å². The number of fused-ring (bicyclic) bond motifs is 1. The van der Waals surface area contributed by atoms with E-state index in [2.05, 4.69) is 22.5 Å². The Morgan fingerprint density at radius 2 is 1.97 bits per heavy atom. The summed E-state index contributed by atoms with van der Waals surface area (Å²) < 4.78 is 47.3. The average molecular weight is 530 g/mol. The molecule has 202 valence electrons. The summed E-state index contributed by atoms with van der Waals surface area (Å²) in [5.74, 6) is 0.229. The highest BCUT2D eigenvalue weighted by Gasteiger charge is 2.33. The van der Waals surface area contributed by atoms with Crippen molar-refractivity contribution in [2.75, 3.05) is 11.9 Å². The highest BCUT2D eigenvalue weighted by molar-refractivity contribution is 6.05. The van der Waals surface area contributed by atoms with Gasteiger partial charge in [-0.25, -0.2) is 4.98 Å². The summed E-state index contributed by atoms with van der Waals surface area (Å²) in [4.78, 5) is 28.0. The molecular formula is C27H30F3N5O3. The second-order valence-electron chi connectivity index (χ2n) is 10.1. The fourth-order valence-corrected chi connectivity index (χ4v) is 5.19. The molecule has 3 aromatic rings. The lowest BCUT2D eigenvalue weighted by Gasteiger charge is -2.27. The number of nitrogens with zero attached hydrogens (tertiary/aromatic N) is 3. The van der Waals surface area contributed by atoms with E-state index in [9.17, 15) is 22.8 Å². The molecule has 3 heterocycles. The number of pyridine rings is 1. The summed E-state index contributed by atoms with van der Waals surface area (Å²) in [5, 5.41) is 11.0. The topological polar surface area (TPSA) is 98.1 Å². The zero-order valence-electron chi connectivity index (χ0n) is 21.1. The molecule has 1 atom stereocenters. The number of anilines is 1. The smallest absolute Gasteiger partial charge is 0.433 e. The minimum absolute atomic E-state index is 0.0465. The van der Waals surface area contributed by atoms with E-state index >= 15 is 0 Å². The molecule has 0 radical (unpaired) electrons. The number of aromatic nitrogens is 3. The molecule has 5 rings (SSSR count). The van der Waals surface area contributed by atoms with E-state index in [0.717, 1.165) is 49.1 Å². The lowest BCUT2D eigenvalue weighted by Crippen LogP contribution is -2.31. The van der Waals surface area contributed by atoms with Crippen LogP contribution in [-0.2, 0) is 11.0 Å². The van der Waals surface area contributed by atoms with Gasteiger partial charge in [0, 0.05) is 24.1 Å². The number of ether oxygens (including phenoxy) is 1. The predicted molar refractivity (Wildman–Crippen MR) is 135 cm³/mol. The third-order valence-electron chi connectivity index (χ3n) is 7.44. The summed E-state index contributed by atoms with van der Waals surface area (Å²) in [7, 11) is 0. The van der Waals surface area contributed by atoms with Crippen molar-refractivity contribution in [2.45, 2.75) is 70.1 Å². The van der Waals surface area contributed by atoms with Crippen LogP contribution in [0.3, 0.4) is 0 Å². The maximum Gasteiger partial charge on any atom is 0.433 e. The first-order chi connectivity index (χ1) is 18.2. The molecule has 8 nitrogen and oxygen atoms in total. The van der Waals surface area contributed by atoms with Gasteiger partial charge in [0.25, 0.3) is 5.91 Å². The molecule has 2 amide bonds. The number of alkyl halides is 3. The van der Waals surface area contributed by atoms with Gasteiger partial charge < -0.3 is 15.4 Å². The molecule has 2 aliphatic rings. The first kappa shape index (κ1) is 26.0. The van der Waals surface area contributed by atoms with Crippen LogP contribution in [0, 0.1) is 5.92 Å². The minimum atomic E-state index is -4.67. The van der Waals surface area contributed by atoms with E-state index in [1.807, 2.05) is 10.9 Å². The summed E-state index contributed by atoms with van der Waals surface area (Å²) in [6, 6.07) is 6.73. The van der Waals surface area contributed by atoms with Gasteiger partial charge in [0.15, 0.2) is 0 Å². The van der Waals surface area contributed by atoms with Gasteiger partial charge in [0.2, 0.25) is 5.91 Å². The van der Waals surface area contributed by atoms with Gasteiger partial charge in [-0.05, 0) is 56.2 Å². The third-order valence-corrected chi connectivity index (χ3v) is 7.44. The molecule has 0 bridgehead atoms. The van der Waals surface area contributed by atoms with Crippen molar-refractivity contribution in [3.63, 3.8) is 0 Å². The molecule has 11 heteroatoms. The van der Waals surface area contributed by atoms with Crippen LogP contribution in [0.2, 0.25) is 0 Å². The summed E-state index contributed by atoms with van der Waals surface area (Å²) in [6.07, 6.45) is 3.90. The second kappa shape index (κ2) is 10.6. The number of nitrogens with one attached hydrogen (secondary N) is 2. The molecule has 1 aliphatic heterocycles. The van der Waals surface area contributed by atoms with Gasteiger partial charge in [0.05, 0.1) is 23.3 Å². The van der Waals surface area contributed by atoms with Gasteiger partial charge in [-0.1, -0.05) is 19.4 Å². The first-order valence-corrected chi connectivity index (χ1v) is 13.0. The quantitative estimate of drug-likeness (QED) is 0.421. The Morgan fingerprint density at radius 1 is 1.18 bits per heavy atom. The van der Waals surface area contributed by atoms with E-state index in [0.29, 0.717) is 29.8 Å². The highest BCUT2D eigenvalue weighted by atomic mass is 19.4. The van der Waals surface area contributed by atoms with Crippen LogP contribution in [0.4, 0.5) is 18.9 Å². The lowest BCUT2D eigenvalue weighted by molar-refractivity contribution is -0.141. The number of hydrogen-bond donors (Lipinski definition) is 2. The van der Waals surface area contributed by atoms with E-state index in [-0.39, 0.29) is 30.3 Å². The van der Waals surface area contributed by atoms with E-state index in [1.54, 1.807) is 12.1 Å². The lowest BCUT2D eigenvalue weighted by atomic mass is 9.85. The molecule has 1 saturated carbocycles. The zero-order chi connectivity index (χ0) is 26.9. The van der Waals surface area contributed by atoms with Crippen molar-refractivity contribution in [1.82, 2.24) is 20.1 Å². The maximum absolute atomic E-state index is 13.1. The van der Waals surface area contributed by atoms with Gasteiger partial charge in [-0.2, -0.15) is 18.3 Å². The normalized spacial score (nSPS) is 21.9. The van der Waals surface area contributed by atoms with Crippen molar-refractivity contribution in [3.8, 4) is 5.75 Å². The molecule has 2 aromatic heterocycles. The van der Waals surface area contributed by atoms with Crippen LogP contribution in [0.5, 0.6) is 5.75 Å². The molecule has 2 fully saturated rings. The Balaban J connectivity index is 1.42. The fourth-order valence-electron chi connectivity index (χ4n) is 5.19. The number of halogens is 3. The van der Waals surface area contributed by atoms with Crippen LogP contribution < -0.4 is 15.4 Å². The van der Waals surface area contributed by atoms with Crippen LogP contribution in [0.15, 0.2) is 36.5 Å². The minimum Gasteiger partial charge on any atom is -0.489 e. The Kier molecular flexibility index (Phi) is 7.27. The molecule has 38 heavy (non-hydrogen) atoms. The Morgan fingerprint density at radius 3 is 2.66 bits per heavy atom. The number of carbonyl (C=O) groups is 2. The second-order valence-corrected chi connectivity index (χ2v) is 10.1. The van der Waals surface area contributed by atoms with Crippen LogP contribution >= 0.6 is 0 Å². The molecule has 0 unspecified atom stereocenters. The molecule has 1 saturated heterocycles. The molecular weight excluding hydrogens is 499 g/mol. The first-order valence-electron chi connectivity index (χ1n) is 13.0. The van der Waals surface area contributed by atoms with E-state index in [1.165, 1.54) is 12.5 Å². The van der Waals surface area contributed by atoms with E-state index < -0.39 is 17.8 Å². The van der Waals surface area contributed by atoms with Crippen molar-refractivity contribution in [2.24, 2.45) is 5.92 Å². The average Bonchev–Trinajstić information content (AvgIpc) is 3.52. The molecule has 1 aliphatic carbocycles. The van der Waals surface area contributed by atoms with Gasteiger partial charge >= 0.3 is 6.18 Å². The fraction of sp³-hybridized carbons (Fsp3) is 0.481. The number of benzene rings is 1. The number of hydrogen-bond acceptors (Lipinski definition) is 5. The Labute approximate surface area is 217 Å². The van der Waals surface area contributed by atoms with Gasteiger partial charge in [0.1, 0.15) is 23.7 Å². The molecule has 1 aromatic carbocycles. The van der Waals surface area contributed by atoms with Crippen molar-refractivity contribution < 1.29 is 27.5 Å². The van der Waals surface area contributed by atoms with Gasteiger partial charge in [-0.3, -0.25) is 14.3 Å². The Bertz CT molecular complexity index is 1330. The highest BCUT2D eigenvalue weighted by Crippen LogP contribution is 2.36. The standard InChI is InChI=1S/C27H30F3N5O3/c1-2-16-6-9-19(10-7-16)35-14-17-12-22(33-26(37)20-4-3-5-24(32-20)27(28,29)30)23(13-21(17)34-35)38-15-18-8-11-25(36)31-18/h3-5,12-14,16,18-19H,2,6-11,15H2,1H3,(H,31,36)(H,33,37)/t16-,18-,19-/m1/s1. The number of amides is 2. The SMILES string of the molecule is CC[C@H]1CC[C@H](n2cc3cc(NC(=O)c4cccc(C(F)(F)F)n4)c(OC[C@H]4CCC(=O)N4)cc3n2)CC1. The van der Waals surface area contributed by atoms with Crippen LogP contribution in [0.1, 0.15) is 74.1 Å². The summed E-state index contributed by atoms with van der Waals surface area (Å²) >= 11 is 0. The van der Waals surface area contributed by atoms with E-state index in [4.69, 9.17) is 9.84 Å². The third kappa shape index (κ3) is 5.76. The number of carbonyl (C=O) groups excluding carboxylic acids is 2. The van der Waals surface area contributed by atoms with Crippen LogP contribution in [-0.4, -0.2) is 39.2 Å². The van der Waals surface area contributed by atoms with Crippen LogP contribution in [0.25, 0.3) is 10.9 Å². The monoisotopic (exact) mass is 529 g/mol. The molecule has 0 spiro atoms. The number of rotatable bonds is 7.